The number of nitrogen functional groups attached to an aromatic ring is 1. The van der Waals surface area contributed by atoms with Gasteiger partial charge in [-0.15, -0.1) is 0 Å². The van der Waals surface area contributed by atoms with Gasteiger partial charge in [-0.25, -0.2) is 19.6 Å². The molecule has 0 spiro atoms. The lowest BCUT2D eigenvalue weighted by molar-refractivity contribution is 0.678. The average Bonchev–Trinajstić information content (AvgIpc) is 3.07. The molecule has 4 heterocycles. The second-order valence-corrected chi connectivity index (χ2v) is 5.15. The Morgan fingerprint density at radius 2 is 2.14 bits per heavy atom. The first-order chi connectivity index (χ1) is 10.7. The number of hydrogen-bond donors (Lipinski definition) is 2. The van der Waals surface area contributed by atoms with Gasteiger partial charge in [0.15, 0.2) is 5.65 Å². The molecule has 0 bridgehead atoms. The summed E-state index contributed by atoms with van der Waals surface area (Å²) in [6.45, 7) is 4.78. The lowest BCUT2D eigenvalue weighted by Crippen LogP contribution is -1.98. The molecule has 0 saturated carbocycles. The number of aromatic nitrogens is 6. The third kappa shape index (κ3) is 1.62. The summed E-state index contributed by atoms with van der Waals surface area (Å²) >= 11 is 0. The fourth-order valence-corrected chi connectivity index (χ4v) is 2.82. The molecular formula is C15H15N7. The number of aromatic amines is 1. The molecule has 7 nitrogen and oxygen atoms in total. The van der Waals surface area contributed by atoms with Crippen molar-refractivity contribution in [2.24, 2.45) is 0 Å². The number of rotatable bonds is 2. The topological polar surface area (TPSA) is 98.3 Å². The zero-order valence-electron chi connectivity index (χ0n) is 12.3. The predicted molar refractivity (Wildman–Crippen MR) is 85.2 cm³/mol. The highest BCUT2D eigenvalue weighted by atomic mass is 15.3. The maximum Gasteiger partial charge on any atom is 0.164 e. The fraction of sp³-hybridized carbons (Fsp3) is 0.200. The summed E-state index contributed by atoms with van der Waals surface area (Å²) in [6.07, 6.45) is 3.23. The standard InChI is InChI=1S/C15H15N7/c1-3-22-15-10(13(16)18-7-19-15)12(21-22)11-8(2)9-5-4-6-17-14(9)20-11/h4-7H,3H2,1-2H3,(H,17,20)(H2,16,18,19). The largest absolute Gasteiger partial charge is 0.383 e. The number of anilines is 1. The Balaban J connectivity index is 2.10. The van der Waals surface area contributed by atoms with E-state index < -0.39 is 0 Å². The van der Waals surface area contributed by atoms with Crippen molar-refractivity contribution < 1.29 is 0 Å². The molecule has 22 heavy (non-hydrogen) atoms. The number of pyridine rings is 1. The van der Waals surface area contributed by atoms with E-state index in [0.29, 0.717) is 12.4 Å². The molecule has 7 heteroatoms. The van der Waals surface area contributed by atoms with E-state index in [4.69, 9.17) is 5.73 Å². The van der Waals surface area contributed by atoms with Crippen molar-refractivity contribution in [3.8, 4) is 11.4 Å². The van der Waals surface area contributed by atoms with Gasteiger partial charge in [-0.05, 0) is 31.5 Å². The minimum Gasteiger partial charge on any atom is -0.383 e. The highest BCUT2D eigenvalue weighted by molar-refractivity contribution is 6.00. The summed E-state index contributed by atoms with van der Waals surface area (Å²) in [4.78, 5) is 16.1. The highest BCUT2D eigenvalue weighted by Crippen LogP contribution is 2.34. The summed E-state index contributed by atoms with van der Waals surface area (Å²) in [5, 5.41) is 6.52. The van der Waals surface area contributed by atoms with E-state index in [2.05, 4.69) is 25.0 Å². The van der Waals surface area contributed by atoms with Crippen LogP contribution in [0.4, 0.5) is 5.82 Å². The molecule has 4 rings (SSSR count). The zero-order valence-corrected chi connectivity index (χ0v) is 12.3. The van der Waals surface area contributed by atoms with Crippen LogP contribution >= 0.6 is 0 Å². The molecule has 4 aromatic rings. The van der Waals surface area contributed by atoms with E-state index in [9.17, 15) is 0 Å². The van der Waals surface area contributed by atoms with E-state index in [0.717, 1.165) is 39.0 Å². The van der Waals surface area contributed by atoms with Gasteiger partial charge < -0.3 is 10.7 Å². The van der Waals surface area contributed by atoms with E-state index in [1.807, 2.05) is 30.7 Å². The van der Waals surface area contributed by atoms with Crippen molar-refractivity contribution in [3.05, 3.63) is 30.2 Å². The number of nitrogens with two attached hydrogens (primary N) is 1. The van der Waals surface area contributed by atoms with Crippen LogP contribution in [0.2, 0.25) is 0 Å². The minimum absolute atomic E-state index is 0.436. The average molecular weight is 293 g/mol. The maximum absolute atomic E-state index is 6.07. The first-order valence-electron chi connectivity index (χ1n) is 7.11. The molecule has 0 aromatic carbocycles. The molecule has 0 amide bonds. The van der Waals surface area contributed by atoms with E-state index in [1.165, 1.54) is 6.33 Å². The molecule has 0 aliphatic heterocycles. The summed E-state index contributed by atoms with van der Waals surface area (Å²) in [7, 11) is 0. The monoisotopic (exact) mass is 293 g/mol. The number of fused-ring (bicyclic) bond motifs is 2. The quantitative estimate of drug-likeness (QED) is 0.591. The number of aryl methyl sites for hydroxylation is 2. The summed E-state index contributed by atoms with van der Waals surface area (Å²) in [6, 6.07) is 3.96. The smallest absolute Gasteiger partial charge is 0.164 e. The Kier molecular flexibility index (Phi) is 2.62. The zero-order chi connectivity index (χ0) is 15.3. The Hall–Kier alpha value is -2.96. The Morgan fingerprint density at radius 1 is 1.27 bits per heavy atom. The summed E-state index contributed by atoms with van der Waals surface area (Å²) in [5.41, 5.74) is 10.4. The lowest BCUT2D eigenvalue weighted by atomic mass is 10.1. The van der Waals surface area contributed by atoms with Gasteiger partial charge in [0, 0.05) is 18.1 Å². The van der Waals surface area contributed by atoms with Crippen molar-refractivity contribution >= 4 is 27.9 Å². The van der Waals surface area contributed by atoms with Gasteiger partial charge in [-0.1, -0.05) is 0 Å². The Labute approximate surface area is 126 Å². The predicted octanol–water partition coefficient (Wildman–Crippen LogP) is 2.28. The van der Waals surface area contributed by atoms with Gasteiger partial charge >= 0.3 is 0 Å². The number of nitrogens with zero attached hydrogens (tertiary/aromatic N) is 5. The molecule has 4 aromatic heterocycles. The van der Waals surface area contributed by atoms with Crippen LogP contribution in [0.15, 0.2) is 24.7 Å². The van der Waals surface area contributed by atoms with Crippen LogP contribution in [0, 0.1) is 6.92 Å². The second kappa shape index (κ2) is 4.52. The number of H-pyrrole nitrogens is 1. The summed E-state index contributed by atoms with van der Waals surface area (Å²) < 4.78 is 1.83. The SMILES string of the molecule is CCn1nc(-c2[nH]c3ncccc3c2C)c2c(N)ncnc21. The molecule has 110 valence electrons. The number of hydrogen-bond acceptors (Lipinski definition) is 5. The Morgan fingerprint density at radius 3 is 2.91 bits per heavy atom. The van der Waals surface area contributed by atoms with Crippen molar-refractivity contribution in [1.29, 1.82) is 0 Å². The molecule has 0 fully saturated rings. The minimum atomic E-state index is 0.436. The fourth-order valence-electron chi connectivity index (χ4n) is 2.82. The van der Waals surface area contributed by atoms with Crippen LogP contribution in [0.1, 0.15) is 12.5 Å². The van der Waals surface area contributed by atoms with Crippen LogP contribution in [-0.2, 0) is 6.54 Å². The normalized spacial score (nSPS) is 11.5. The van der Waals surface area contributed by atoms with E-state index >= 15 is 0 Å². The third-order valence-electron chi connectivity index (χ3n) is 3.93. The Bertz CT molecular complexity index is 996. The molecule has 0 radical (unpaired) electrons. The van der Waals surface area contributed by atoms with Crippen LogP contribution in [0.25, 0.3) is 33.5 Å². The van der Waals surface area contributed by atoms with Crippen molar-refractivity contribution in [1.82, 2.24) is 29.7 Å². The second-order valence-electron chi connectivity index (χ2n) is 5.15. The van der Waals surface area contributed by atoms with Crippen molar-refractivity contribution in [3.63, 3.8) is 0 Å². The van der Waals surface area contributed by atoms with Gasteiger partial charge in [0.25, 0.3) is 0 Å². The van der Waals surface area contributed by atoms with E-state index in [1.54, 1.807) is 6.20 Å². The van der Waals surface area contributed by atoms with Crippen molar-refractivity contribution in [2.75, 3.05) is 5.73 Å². The van der Waals surface area contributed by atoms with Gasteiger partial charge in [-0.2, -0.15) is 5.10 Å². The highest BCUT2D eigenvalue weighted by Gasteiger charge is 2.20. The van der Waals surface area contributed by atoms with Gasteiger partial charge in [0.1, 0.15) is 23.5 Å². The first kappa shape index (κ1) is 12.8. The maximum atomic E-state index is 6.07. The van der Waals surface area contributed by atoms with Crippen LogP contribution in [-0.4, -0.2) is 29.7 Å². The molecule has 0 saturated heterocycles. The molecule has 0 aliphatic carbocycles. The van der Waals surface area contributed by atoms with Crippen LogP contribution in [0.5, 0.6) is 0 Å². The van der Waals surface area contributed by atoms with Crippen LogP contribution < -0.4 is 5.73 Å². The molecular weight excluding hydrogens is 278 g/mol. The molecule has 0 unspecified atom stereocenters. The van der Waals surface area contributed by atoms with Gasteiger partial charge in [0.2, 0.25) is 0 Å². The molecule has 0 aliphatic rings. The summed E-state index contributed by atoms with van der Waals surface area (Å²) in [5.74, 6) is 0.436. The van der Waals surface area contributed by atoms with Gasteiger partial charge in [-0.3, -0.25) is 0 Å². The van der Waals surface area contributed by atoms with Gasteiger partial charge in [0.05, 0.1) is 11.1 Å². The molecule has 0 atom stereocenters. The van der Waals surface area contributed by atoms with Crippen molar-refractivity contribution in [2.45, 2.75) is 20.4 Å². The van der Waals surface area contributed by atoms with E-state index in [-0.39, 0.29) is 0 Å². The lowest BCUT2D eigenvalue weighted by Gasteiger charge is -1.98. The molecule has 3 N–H and O–H groups in total. The first-order valence-corrected chi connectivity index (χ1v) is 7.11. The van der Waals surface area contributed by atoms with Crippen LogP contribution in [0.3, 0.4) is 0 Å². The number of nitrogens with one attached hydrogen (secondary N) is 1. The third-order valence-corrected chi connectivity index (χ3v) is 3.93.